The van der Waals surface area contributed by atoms with E-state index in [0.29, 0.717) is 21.6 Å². The first-order valence-corrected chi connectivity index (χ1v) is 15.2. The molecule has 9 heteroatoms. The van der Waals surface area contributed by atoms with Crippen LogP contribution in [0, 0.1) is 23.7 Å². The van der Waals surface area contributed by atoms with Crippen molar-refractivity contribution < 1.29 is 38.6 Å². The lowest BCUT2D eigenvalue weighted by molar-refractivity contribution is -0.138. The molecule has 46 heavy (non-hydrogen) atoms. The molecule has 7 rings (SSSR count). The van der Waals surface area contributed by atoms with Gasteiger partial charge < -0.3 is 14.6 Å². The number of imide groups is 3. The zero-order chi connectivity index (χ0) is 32.3. The van der Waals surface area contributed by atoms with E-state index in [2.05, 4.69) is 0 Å². The Kier molecular flexibility index (Phi) is 6.99. The molecule has 1 saturated heterocycles. The van der Waals surface area contributed by atoms with Crippen LogP contribution < -0.4 is 4.74 Å². The Hall–Kier alpha value is -5.31. The fraction of sp³-hybridized carbons (Fsp3) is 0.270. The molecule has 0 radical (unpaired) electrons. The van der Waals surface area contributed by atoms with Gasteiger partial charge in [0, 0.05) is 17.4 Å². The van der Waals surface area contributed by atoms with E-state index in [9.17, 15) is 29.1 Å². The maximum Gasteiger partial charge on any atom is 0.423 e. The molecule has 3 amide bonds. The number of rotatable bonds is 4. The summed E-state index contributed by atoms with van der Waals surface area (Å²) in [6.45, 7) is 0. The summed E-state index contributed by atoms with van der Waals surface area (Å²) in [5, 5.41) is 11.0. The number of ether oxygens (including phenoxy) is 2. The first-order valence-electron chi connectivity index (χ1n) is 15.2. The molecular formula is C37H31NO8. The minimum Gasteiger partial charge on any atom is -0.504 e. The number of carbonyl (C=O) groups excluding carboxylic acids is 5. The number of fused-ring (bicyclic) bond motifs is 4. The Balaban J connectivity index is 1.50. The second-order valence-corrected chi connectivity index (χ2v) is 12.2. The summed E-state index contributed by atoms with van der Waals surface area (Å²) in [6.07, 6.45) is 2.54. The van der Waals surface area contributed by atoms with Crippen LogP contribution in [0.2, 0.25) is 0 Å². The summed E-state index contributed by atoms with van der Waals surface area (Å²) in [5.74, 6) is -5.85. The summed E-state index contributed by atoms with van der Waals surface area (Å²) in [6, 6.07) is 23.1. The largest absolute Gasteiger partial charge is 0.504 e. The number of phenolic OH excluding ortho intramolecular Hbond substituents is 1. The Bertz CT molecular complexity index is 1860. The summed E-state index contributed by atoms with van der Waals surface area (Å²) in [5.41, 5.74) is 1.36. The molecule has 3 aromatic carbocycles. The van der Waals surface area contributed by atoms with Crippen LogP contribution in [0.4, 0.5) is 4.79 Å². The number of likely N-dealkylation sites (tertiary alicyclic amines) is 1. The van der Waals surface area contributed by atoms with Crippen molar-refractivity contribution in [1.29, 1.82) is 0 Å². The number of nitrogens with zero attached hydrogens (tertiary/aromatic N) is 1. The number of carbonyl (C=O) groups is 5. The molecule has 4 aliphatic rings. The van der Waals surface area contributed by atoms with Crippen molar-refractivity contribution in [2.45, 2.75) is 24.2 Å². The molecule has 1 aliphatic heterocycles. The first-order chi connectivity index (χ1) is 22.2. The minimum atomic E-state index is -1.43. The van der Waals surface area contributed by atoms with Crippen LogP contribution in [0.15, 0.2) is 96.6 Å². The van der Waals surface area contributed by atoms with Gasteiger partial charge in [-0.15, -0.1) is 0 Å². The average molecular weight is 618 g/mol. The first kappa shape index (κ1) is 29.4. The number of ketones is 2. The van der Waals surface area contributed by atoms with E-state index >= 15 is 0 Å². The summed E-state index contributed by atoms with van der Waals surface area (Å²) in [7, 11) is 2.55. The minimum absolute atomic E-state index is 0.101. The molecule has 0 bridgehead atoms. The fourth-order valence-electron chi connectivity index (χ4n) is 8.41. The van der Waals surface area contributed by atoms with E-state index in [1.165, 1.54) is 19.3 Å². The van der Waals surface area contributed by atoms with Crippen molar-refractivity contribution in [3.05, 3.63) is 113 Å². The normalized spacial score (nSPS) is 28.5. The predicted molar refractivity (Wildman–Crippen MR) is 165 cm³/mol. The number of phenols is 1. The van der Waals surface area contributed by atoms with Gasteiger partial charge in [0.2, 0.25) is 11.8 Å². The van der Waals surface area contributed by atoms with Gasteiger partial charge in [-0.05, 0) is 53.7 Å². The van der Waals surface area contributed by atoms with Crippen LogP contribution in [0.5, 0.6) is 11.5 Å². The lowest BCUT2D eigenvalue weighted by atomic mass is 9.44. The van der Waals surface area contributed by atoms with E-state index in [4.69, 9.17) is 9.47 Å². The van der Waals surface area contributed by atoms with Gasteiger partial charge in [-0.1, -0.05) is 78.4 Å². The second kappa shape index (κ2) is 10.9. The smallest absolute Gasteiger partial charge is 0.423 e. The summed E-state index contributed by atoms with van der Waals surface area (Å²) < 4.78 is 10.1. The number of allylic oxidation sites excluding steroid dienone is 4. The van der Waals surface area contributed by atoms with Gasteiger partial charge >= 0.3 is 6.09 Å². The molecule has 0 unspecified atom stereocenters. The Morgan fingerprint density at radius 2 is 1.59 bits per heavy atom. The molecule has 1 heterocycles. The van der Waals surface area contributed by atoms with Gasteiger partial charge in [-0.25, -0.2) is 4.79 Å². The van der Waals surface area contributed by atoms with Gasteiger partial charge in [0.15, 0.2) is 23.1 Å². The molecule has 0 spiro atoms. The van der Waals surface area contributed by atoms with E-state index in [-0.39, 0.29) is 41.5 Å². The van der Waals surface area contributed by atoms with Gasteiger partial charge in [-0.3, -0.25) is 19.2 Å². The van der Waals surface area contributed by atoms with Crippen LogP contribution in [-0.4, -0.2) is 53.7 Å². The summed E-state index contributed by atoms with van der Waals surface area (Å²) in [4.78, 5) is 70.2. The third-order valence-electron chi connectivity index (χ3n) is 10.3. The van der Waals surface area contributed by atoms with E-state index < -0.39 is 52.9 Å². The van der Waals surface area contributed by atoms with Gasteiger partial charge in [0.05, 0.1) is 31.5 Å². The predicted octanol–water partition coefficient (Wildman–Crippen LogP) is 4.99. The van der Waals surface area contributed by atoms with Crippen LogP contribution in [0.25, 0.3) is 5.57 Å². The van der Waals surface area contributed by atoms with Crippen molar-refractivity contribution in [2.24, 2.45) is 23.7 Å². The SMILES string of the molecule is COC(=O)N1C(=O)[C@H]2[C@H](CC=C3[C@H]2C[C@H]2C(=O)C(c4ccccc4)=CC(=O)[C@@]2(c2ccccc2)[C@H]3c2ccc(OC)c(O)c2)C1=O. The molecule has 1 N–H and O–H groups in total. The third kappa shape index (κ3) is 4.04. The van der Waals surface area contributed by atoms with Gasteiger partial charge in [-0.2, -0.15) is 4.90 Å². The quantitative estimate of drug-likeness (QED) is 0.321. The second-order valence-electron chi connectivity index (χ2n) is 12.2. The van der Waals surface area contributed by atoms with Crippen LogP contribution >= 0.6 is 0 Å². The highest BCUT2D eigenvalue weighted by molar-refractivity contribution is 6.31. The number of Topliss-reactive ketones (excluding diaryl/α,β-unsaturated/α-hetero) is 1. The topological polar surface area (TPSA) is 127 Å². The molecule has 3 aliphatic carbocycles. The average Bonchev–Trinajstić information content (AvgIpc) is 3.34. The maximum atomic E-state index is 14.9. The zero-order valence-corrected chi connectivity index (χ0v) is 25.2. The molecule has 232 valence electrons. The lowest BCUT2D eigenvalue weighted by Crippen LogP contribution is -2.58. The number of benzene rings is 3. The van der Waals surface area contributed by atoms with Gasteiger partial charge in [0.25, 0.3) is 0 Å². The number of hydrogen-bond donors (Lipinski definition) is 1. The molecule has 9 nitrogen and oxygen atoms in total. The molecule has 0 aromatic heterocycles. The fourth-order valence-corrected chi connectivity index (χ4v) is 8.41. The molecule has 3 aromatic rings. The van der Waals surface area contributed by atoms with Crippen LogP contribution in [0.1, 0.15) is 35.4 Å². The van der Waals surface area contributed by atoms with E-state index in [0.717, 1.165) is 12.7 Å². The molecular weight excluding hydrogens is 586 g/mol. The lowest BCUT2D eigenvalue weighted by Gasteiger charge is -2.55. The number of aromatic hydroxyl groups is 1. The number of methoxy groups -OCH3 is 2. The third-order valence-corrected chi connectivity index (χ3v) is 10.3. The highest BCUT2D eigenvalue weighted by atomic mass is 16.5. The zero-order valence-electron chi connectivity index (χ0n) is 25.2. The molecule has 1 saturated carbocycles. The standard InChI is InChI=1S/C37H31NO8/c1-45-29-16-13-21(17-28(29)39)32-23-14-15-24-31(35(43)38(34(24)42)36(44)46-2)26(23)18-27-33(41)25(20-9-5-3-6-10-20)19-30(40)37(27,32)22-11-7-4-8-12-22/h3-14,16-17,19,24,26-27,31-32,39H,15,18H2,1-2H3/t24-,26+,27-,31-,32-,37-/m0/s1. The van der Waals surface area contributed by atoms with Crippen molar-refractivity contribution in [3.63, 3.8) is 0 Å². The Labute approximate surface area is 265 Å². The highest BCUT2D eigenvalue weighted by Gasteiger charge is 2.66. The van der Waals surface area contributed by atoms with Crippen molar-refractivity contribution in [1.82, 2.24) is 4.90 Å². The monoisotopic (exact) mass is 617 g/mol. The van der Waals surface area contributed by atoms with Crippen molar-refractivity contribution in [3.8, 4) is 11.5 Å². The highest BCUT2D eigenvalue weighted by Crippen LogP contribution is 2.64. The number of amides is 3. The Morgan fingerprint density at radius 1 is 0.891 bits per heavy atom. The molecule has 2 fully saturated rings. The van der Waals surface area contributed by atoms with Gasteiger partial charge in [0.1, 0.15) is 0 Å². The van der Waals surface area contributed by atoms with E-state index in [1.807, 2.05) is 42.5 Å². The Morgan fingerprint density at radius 3 is 2.24 bits per heavy atom. The number of hydrogen-bond acceptors (Lipinski definition) is 8. The summed E-state index contributed by atoms with van der Waals surface area (Å²) >= 11 is 0. The van der Waals surface area contributed by atoms with Crippen molar-refractivity contribution in [2.75, 3.05) is 14.2 Å². The van der Waals surface area contributed by atoms with Crippen LogP contribution in [-0.2, 0) is 29.3 Å². The van der Waals surface area contributed by atoms with Crippen molar-refractivity contribution >= 4 is 35.0 Å². The maximum absolute atomic E-state index is 14.9. The van der Waals surface area contributed by atoms with E-state index in [1.54, 1.807) is 36.4 Å². The van der Waals surface area contributed by atoms with Crippen LogP contribution in [0.3, 0.4) is 0 Å². The molecule has 6 atom stereocenters.